The highest BCUT2D eigenvalue weighted by Crippen LogP contribution is 2.35. The number of hydrogen-bond acceptors (Lipinski definition) is 10. The maximum atomic E-state index is 13.9. The summed E-state index contributed by atoms with van der Waals surface area (Å²) in [7, 11) is -7.73. The number of halogens is 2. The summed E-state index contributed by atoms with van der Waals surface area (Å²) in [5, 5.41) is 32.0. The summed E-state index contributed by atoms with van der Waals surface area (Å²) >= 11 is 0. The van der Waals surface area contributed by atoms with Crippen molar-refractivity contribution in [3.8, 4) is 0 Å². The van der Waals surface area contributed by atoms with Crippen LogP contribution >= 0.6 is 0 Å². The van der Waals surface area contributed by atoms with Crippen LogP contribution in [0.5, 0.6) is 0 Å². The van der Waals surface area contributed by atoms with E-state index in [0.717, 1.165) is 56.2 Å². The molecular weight excluding hydrogens is 819 g/mol. The van der Waals surface area contributed by atoms with E-state index in [1.54, 1.807) is 19.1 Å². The summed E-state index contributed by atoms with van der Waals surface area (Å²) in [5.74, 6) is -1.77. The van der Waals surface area contributed by atoms with Crippen LogP contribution in [0.2, 0.25) is 0 Å². The normalized spacial score (nSPS) is 13.7. The number of nitro benzene ring substituents is 2. The van der Waals surface area contributed by atoms with Crippen molar-refractivity contribution in [2.24, 2.45) is 10.8 Å². The van der Waals surface area contributed by atoms with Crippen LogP contribution in [-0.2, 0) is 37.3 Å². The largest absolute Gasteiger partial charge is 0.396 e. The molecule has 0 aliphatic heterocycles. The zero-order chi connectivity index (χ0) is 44.7. The number of non-ortho nitro benzene ring substituents is 2. The number of rotatable bonds is 22. The van der Waals surface area contributed by atoms with Crippen LogP contribution < -0.4 is 0 Å². The van der Waals surface area contributed by atoms with E-state index in [-0.39, 0.29) is 63.2 Å². The first kappa shape index (κ1) is 49.4. The molecule has 0 aromatic heterocycles. The number of nitro groups is 2. The minimum absolute atomic E-state index is 0.00169. The summed E-state index contributed by atoms with van der Waals surface area (Å²) in [4.78, 5) is 32.7. The third-order valence-electron chi connectivity index (χ3n) is 10.8. The predicted molar refractivity (Wildman–Crippen MR) is 226 cm³/mol. The number of aliphatic hydroxyl groups is 1. The van der Waals surface area contributed by atoms with E-state index in [0.29, 0.717) is 36.8 Å². The van der Waals surface area contributed by atoms with Crippen LogP contribution in [0.4, 0.5) is 20.2 Å². The van der Waals surface area contributed by atoms with Gasteiger partial charge in [0.25, 0.3) is 11.4 Å². The van der Waals surface area contributed by atoms with Crippen LogP contribution in [0.3, 0.4) is 0 Å². The SMILES string of the molecule is CCCC[C@@](CC)(CO)CS(=O)(=O)c1ccc(F)cc1Cc1cccc([N+](=O)[O-])c1.CCCC[C@](C=O)(CC)CS(=O)(=O)c1ccc(F)cc1Cc1cccc([N+](=O)[O-])c1. The Morgan fingerprint density at radius 3 is 1.48 bits per heavy atom. The Hall–Kier alpha value is -4.93. The number of unbranched alkanes of at least 4 members (excludes halogenated alkanes) is 2. The first-order valence-electron chi connectivity index (χ1n) is 19.9. The summed E-state index contributed by atoms with van der Waals surface area (Å²) in [6.45, 7) is 7.37. The highest BCUT2D eigenvalue weighted by atomic mass is 32.2. The standard InChI is InChI=1S/C22H28FNO5S.C22H26FNO5S/c2*1-3-5-11-22(4-2,15-25)16-30(28,29)21-10-9-19(23)14-18(21)12-17-7-6-8-20(13-17)24(26)27/h6-10,13-14,25H,3-5,11-12,15-16H2,1-2H3;6-10,13-15H,3-5,11-12,16H2,1-2H3/t2*22-/m00/s1. The Morgan fingerprint density at radius 2 is 1.10 bits per heavy atom. The van der Waals surface area contributed by atoms with E-state index in [1.807, 2.05) is 20.8 Å². The Morgan fingerprint density at radius 1 is 0.650 bits per heavy atom. The number of nitrogens with zero attached hydrogens (tertiary/aromatic N) is 2. The molecule has 0 unspecified atom stereocenters. The highest BCUT2D eigenvalue weighted by Gasteiger charge is 2.36. The fourth-order valence-corrected chi connectivity index (χ4v) is 11.5. The maximum absolute atomic E-state index is 13.9. The average Bonchev–Trinajstić information content (AvgIpc) is 3.21. The van der Waals surface area contributed by atoms with Gasteiger partial charge in [-0.25, -0.2) is 25.6 Å². The van der Waals surface area contributed by atoms with Gasteiger partial charge in [0, 0.05) is 41.7 Å². The molecule has 0 saturated carbocycles. The van der Waals surface area contributed by atoms with Crippen LogP contribution in [0.15, 0.2) is 94.7 Å². The van der Waals surface area contributed by atoms with Gasteiger partial charge in [-0.05, 0) is 97.2 Å². The first-order chi connectivity index (χ1) is 28.3. The Balaban J connectivity index is 0.000000320. The van der Waals surface area contributed by atoms with Crippen LogP contribution in [0.1, 0.15) is 101 Å². The van der Waals surface area contributed by atoms with Crippen molar-refractivity contribution < 1.29 is 45.4 Å². The summed E-state index contributed by atoms with van der Waals surface area (Å²) in [6, 6.07) is 18.6. The zero-order valence-electron chi connectivity index (χ0n) is 34.4. The molecule has 60 heavy (non-hydrogen) atoms. The van der Waals surface area contributed by atoms with Crippen LogP contribution in [0, 0.1) is 42.7 Å². The van der Waals surface area contributed by atoms with Crippen molar-refractivity contribution in [2.75, 3.05) is 18.1 Å². The van der Waals surface area contributed by atoms with Crippen LogP contribution in [-0.4, -0.2) is 56.2 Å². The molecule has 0 fully saturated rings. The molecule has 16 heteroatoms. The lowest BCUT2D eigenvalue weighted by Gasteiger charge is -2.30. The molecule has 0 radical (unpaired) electrons. The lowest BCUT2D eigenvalue weighted by molar-refractivity contribution is -0.385. The molecule has 2 atom stereocenters. The lowest BCUT2D eigenvalue weighted by atomic mass is 9.83. The number of sulfone groups is 2. The molecule has 0 aliphatic carbocycles. The number of hydrogen-bond donors (Lipinski definition) is 1. The second-order valence-corrected chi connectivity index (χ2v) is 19.2. The second-order valence-electron chi connectivity index (χ2n) is 15.3. The number of aldehydes is 1. The van der Waals surface area contributed by atoms with Crippen molar-refractivity contribution >= 4 is 37.3 Å². The third-order valence-corrected chi connectivity index (χ3v) is 14.9. The van der Waals surface area contributed by atoms with Gasteiger partial charge in [-0.2, -0.15) is 0 Å². The van der Waals surface area contributed by atoms with Crippen molar-refractivity contribution in [2.45, 2.75) is 102 Å². The van der Waals surface area contributed by atoms with Gasteiger partial charge in [-0.15, -0.1) is 0 Å². The summed E-state index contributed by atoms with van der Waals surface area (Å²) in [6.07, 6.45) is 5.97. The molecule has 0 heterocycles. The maximum Gasteiger partial charge on any atom is 0.269 e. The molecule has 0 amide bonds. The molecule has 12 nitrogen and oxygen atoms in total. The van der Waals surface area contributed by atoms with Crippen molar-refractivity contribution in [3.63, 3.8) is 0 Å². The molecular formula is C44H54F2N2O10S2. The number of benzene rings is 4. The smallest absolute Gasteiger partial charge is 0.269 e. The molecule has 4 aromatic carbocycles. The summed E-state index contributed by atoms with van der Waals surface area (Å²) < 4.78 is 80.9. The fraction of sp³-hybridized carbons (Fsp3) is 0.432. The molecule has 4 aromatic rings. The van der Waals surface area contributed by atoms with E-state index < -0.39 is 52.0 Å². The first-order valence-corrected chi connectivity index (χ1v) is 23.2. The molecule has 1 N–H and O–H groups in total. The number of carbonyl (C=O) groups is 1. The van der Waals surface area contributed by atoms with Crippen molar-refractivity contribution in [1.29, 1.82) is 0 Å². The molecule has 0 spiro atoms. The predicted octanol–water partition coefficient (Wildman–Crippen LogP) is 9.56. The van der Waals surface area contributed by atoms with E-state index in [2.05, 4.69) is 0 Å². The van der Waals surface area contributed by atoms with Gasteiger partial charge in [0.1, 0.15) is 17.9 Å². The van der Waals surface area contributed by atoms with Gasteiger partial charge in [-0.1, -0.05) is 77.6 Å². The summed E-state index contributed by atoms with van der Waals surface area (Å²) in [5.41, 5.74) is -0.527. The zero-order valence-corrected chi connectivity index (χ0v) is 36.1. The Labute approximate surface area is 351 Å². The molecule has 0 bridgehead atoms. The third kappa shape index (κ3) is 13.5. The van der Waals surface area contributed by atoms with Crippen LogP contribution in [0.25, 0.3) is 0 Å². The van der Waals surface area contributed by atoms with E-state index in [4.69, 9.17) is 0 Å². The average molecular weight is 873 g/mol. The van der Waals surface area contributed by atoms with Crippen molar-refractivity contribution in [3.05, 3.63) is 139 Å². The Bertz CT molecular complexity index is 2330. The molecule has 0 saturated heterocycles. The van der Waals surface area contributed by atoms with Crippen molar-refractivity contribution in [1.82, 2.24) is 0 Å². The molecule has 326 valence electrons. The number of carbonyl (C=O) groups excluding carboxylic acids is 1. The quantitative estimate of drug-likeness (QED) is 0.0344. The van der Waals surface area contributed by atoms with E-state index >= 15 is 0 Å². The highest BCUT2D eigenvalue weighted by molar-refractivity contribution is 7.91. The number of aliphatic hydroxyl groups excluding tert-OH is 1. The lowest BCUT2D eigenvalue weighted by Crippen LogP contribution is -2.34. The minimum atomic E-state index is -3.90. The van der Waals surface area contributed by atoms with E-state index in [1.165, 1.54) is 48.5 Å². The monoisotopic (exact) mass is 872 g/mol. The van der Waals surface area contributed by atoms with Gasteiger partial charge in [0.15, 0.2) is 19.7 Å². The van der Waals surface area contributed by atoms with Gasteiger partial charge in [0.2, 0.25) is 0 Å². The Kier molecular flexibility index (Phi) is 18.2. The van der Waals surface area contributed by atoms with E-state index in [9.17, 15) is 55.7 Å². The second kappa shape index (κ2) is 22.1. The van der Waals surface area contributed by atoms with Gasteiger partial charge < -0.3 is 9.90 Å². The van der Waals surface area contributed by atoms with Gasteiger partial charge in [-0.3, -0.25) is 20.2 Å². The minimum Gasteiger partial charge on any atom is -0.396 e. The van der Waals surface area contributed by atoms with Gasteiger partial charge in [0.05, 0.1) is 31.1 Å². The molecule has 4 rings (SSSR count). The topological polar surface area (TPSA) is 192 Å². The molecule has 0 aliphatic rings. The van der Waals surface area contributed by atoms with Gasteiger partial charge >= 0.3 is 0 Å². The fourth-order valence-electron chi connectivity index (χ4n) is 7.11.